The van der Waals surface area contributed by atoms with E-state index in [9.17, 15) is 9.00 Å². The number of nitrogens with one attached hydrogen (secondary N) is 1. The number of aliphatic hydroxyl groups excluding tert-OH is 1. The van der Waals surface area contributed by atoms with E-state index in [0.29, 0.717) is 20.7 Å². The van der Waals surface area contributed by atoms with Gasteiger partial charge < -0.3 is 21.7 Å². The number of hydrogen-bond acceptors (Lipinski definition) is 5. The SMILES string of the molecule is NC(N)=Nc1ncc(Cl)c2ccc(S(=O)NCC(=O)O)cc12.OCc1ccccc1. The molecular weight excluding hydrogens is 430 g/mol. The largest absolute Gasteiger partial charge is 0.480 e. The van der Waals surface area contributed by atoms with E-state index in [4.69, 9.17) is 33.3 Å². The van der Waals surface area contributed by atoms with Gasteiger partial charge in [-0.05, 0) is 17.7 Å². The number of aliphatic hydroxyl groups is 1. The van der Waals surface area contributed by atoms with Crippen LogP contribution < -0.4 is 16.2 Å². The van der Waals surface area contributed by atoms with Crippen LogP contribution in [0.15, 0.2) is 64.6 Å². The third-order valence-electron chi connectivity index (χ3n) is 3.62. The molecule has 1 aromatic heterocycles. The molecule has 0 amide bonds. The van der Waals surface area contributed by atoms with Gasteiger partial charge >= 0.3 is 5.97 Å². The van der Waals surface area contributed by atoms with E-state index in [1.54, 1.807) is 18.2 Å². The minimum atomic E-state index is -1.70. The van der Waals surface area contributed by atoms with Crippen molar-refractivity contribution in [2.45, 2.75) is 11.5 Å². The predicted octanol–water partition coefficient (Wildman–Crippen LogP) is 1.67. The Hall–Kier alpha value is -3.05. The second-order valence-electron chi connectivity index (χ2n) is 5.80. The van der Waals surface area contributed by atoms with Crippen LogP contribution in [0.4, 0.5) is 5.82 Å². The maximum absolute atomic E-state index is 12.0. The van der Waals surface area contributed by atoms with Gasteiger partial charge in [0.25, 0.3) is 0 Å². The van der Waals surface area contributed by atoms with Crippen molar-refractivity contribution < 1.29 is 19.2 Å². The quantitative estimate of drug-likeness (QED) is 0.282. The summed E-state index contributed by atoms with van der Waals surface area (Å²) in [5.41, 5.74) is 11.7. The number of aliphatic imine (C=N–C) groups is 1. The van der Waals surface area contributed by atoms with E-state index < -0.39 is 23.5 Å². The Balaban J connectivity index is 0.000000335. The summed E-state index contributed by atoms with van der Waals surface area (Å²) in [5, 5.41) is 18.7. The molecular formula is C19H20ClN5O4S. The van der Waals surface area contributed by atoms with Crippen LogP contribution in [0.2, 0.25) is 5.02 Å². The molecule has 0 aliphatic rings. The van der Waals surface area contributed by atoms with Crippen LogP contribution in [0, 0.1) is 0 Å². The molecule has 1 heterocycles. The van der Waals surface area contributed by atoms with Gasteiger partial charge in [-0.3, -0.25) is 4.79 Å². The van der Waals surface area contributed by atoms with Crippen LogP contribution in [-0.4, -0.2) is 37.9 Å². The molecule has 0 aliphatic carbocycles. The smallest absolute Gasteiger partial charge is 0.318 e. The Kier molecular flexibility index (Phi) is 8.69. The molecule has 9 nitrogen and oxygen atoms in total. The zero-order valence-corrected chi connectivity index (χ0v) is 17.2. The number of rotatable bonds is 6. The highest BCUT2D eigenvalue weighted by Gasteiger charge is 2.11. The predicted molar refractivity (Wildman–Crippen MR) is 117 cm³/mol. The molecule has 0 radical (unpaired) electrons. The van der Waals surface area contributed by atoms with Crippen molar-refractivity contribution in [3.8, 4) is 0 Å². The summed E-state index contributed by atoms with van der Waals surface area (Å²) in [7, 11) is -1.70. The van der Waals surface area contributed by atoms with Gasteiger partial charge in [0.15, 0.2) is 11.8 Å². The van der Waals surface area contributed by atoms with Gasteiger partial charge in [-0.15, -0.1) is 0 Å². The number of guanidine groups is 1. The fourth-order valence-electron chi connectivity index (χ4n) is 2.29. The Labute approximate surface area is 180 Å². The number of aliphatic carboxylic acids is 1. The summed E-state index contributed by atoms with van der Waals surface area (Å²) in [5.74, 6) is -1.05. The van der Waals surface area contributed by atoms with Gasteiger partial charge in [0.2, 0.25) is 0 Å². The first-order valence-corrected chi connectivity index (χ1v) is 10.0. The van der Waals surface area contributed by atoms with Crippen molar-refractivity contribution in [3.05, 3.63) is 65.3 Å². The van der Waals surface area contributed by atoms with Crippen molar-refractivity contribution in [2.75, 3.05) is 6.54 Å². The number of hydrogen-bond donors (Lipinski definition) is 5. The van der Waals surface area contributed by atoms with Crippen LogP contribution in [0.1, 0.15) is 5.56 Å². The second-order valence-corrected chi connectivity index (χ2v) is 7.51. The highest BCUT2D eigenvalue weighted by atomic mass is 35.5. The summed E-state index contributed by atoms with van der Waals surface area (Å²) < 4.78 is 14.4. The first-order chi connectivity index (χ1) is 14.3. The molecule has 1 unspecified atom stereocenters. The van der Waals surface area contributed by atoms with Crippen LogP contribution in [0.25, 0.3) is 10.8 Å². The van der Waals surface area contributed by atoms with Gasteiger partial charge in [-0.1, -0.05) is 48.0 Å². The van der Waals surface area contributed by atoms with Gasteiger partial charge in [0.1, 0.15) is 17.5 Å². The average molecular weight is 450 g/mol. The fraction of sp³-hybridized carbons (Fsp3) is 0.105. The lowest BCUT2D eigenvalue weighted by Crippen LogP contribution is -2.24. The molecule has 0 spiro atoms. The number of nitrogens with two attached hydrogens (primary N) is 2. The van der Waals surface area contributed by atoms with Crippen molar-refractivity contribution in [3.63, 3.8) is 0 Å². The van der Waals surface area contributed by atoms with Gasteiger partial charge in [0, 0.05) is 17.0 Å². The molecule has 7 N–H and O–H groups in total. The number of halogens is 1. The number of benzene rings is 2. The normalized spacial score (nSPS) is 11.3. The molecule has 158 valence electrons. The maximum Gasteiger partial charge on any atom is 0.318 e. The van der Waals surface area contributed by atoms with Crippen LogP contribution in [0.3, 0.4) is 0 Å². The van der Waals surface area contributed by atoms with Crippen molar-refractivity contribution in [1.29, 1.82) is 0 Å². The summed E-state index contributed by atoms with van der Waals surface area (Å²) in [6.07, 6.45) is 1.41. The van der Waals surface area contributed by atoms with Crippen LogP contribution >= 0.6 is 11.6 Å². The van der Waals surface area contributed by atoms with Crippen molar-refractivity contribution in [1.82, 2.24) is 9.71 Å². The number of pyridine rings is 1. The van der Waals surface area contributed by atoms with E-state index in [1.807, 2.05) is 30.3 Å². The minimum Gasteiger partial charge on any atom is -0.480 e. The average Bonchev–Trinajstić information content (AvgIpc) is 2.74. The van der Waals surface area contributed by atoms with Gasteiger partial charge in [-0.25, -0.2) is 13.9 Å². The Morgan fingerprint density at radius 1 is 1.17 bits per heavy atom. The van der Waals surface area contributed by atoms with E-state index >= 15 is 0 Å². The molecule has 11 heteroatoms. The van der Waals surface area contributed by atoms with E-state index in [0.717, 1.165) is 5.56 Å². The molecule has 0 saturated heterocycles. The highest BCUT2D eigenvalue weighted by molar-refractivity contribution is 7.83. The third kappa shape index (κ3) is 6.78. The van der Waals surface area contributed by atoms with Gasteiger partial charge in [-0.2, -0.15) is 4.99 Å². The van der Waals surface area contributed by atoms with Gasteiger partial charge in [0.05, 0.1) is 16.5 Å². The number of aromatic nitrogens is 1. The molecule has 3 aromatic rings. The number of carbonyl (C=O) groups is 1. The summed E-state index contributed by atoms with van der Waals surface area (Å²) in [4.78, 5) is 18.8. The lowest BCUT2D eigenvalue weighted by atomic mass is 10.1. The summed E-state index contributed by atoms with van der Waals surface area (Å²) in [6.45, 7) is -0.292. The lowest BCUT2D eigenvalue weighted by Gasteiger charge is -2.07. The standard InChI is InChI=1S/C12H12ClN5O3S.C7H8O/c13-9-4-16-11(18-12(14)15)8-3-6(1-2-7(8)9)22(21)17-5-10(19)20;8-6-7-4-2-1-3-5-7/h1-4,17H,5H2,(H,19,20)(H4,14,15,16,18);1-5,8H,6H2. The van der Waals surface area contributed by atoms with E-state index in [-0.39, 0.29) is 18.4 Å². The molecule has 0 bridgehead atoms. The van der Waals surface area contributed by atoms with Crippen LogP contribution in [-0.2, 0) is 22.4 Å². The monoisotopic (exact) mass is 449 g/mol. The second kappa shape index (κ2) is 11.2. The Morgan fingerprint density at radius 3 is 2.43 bits per heavy atom. The highest BCUT2D eigenvalue weighted by Crippen LogP contribution is 2.30. The van der Waals surface area contributed by atoms with Crippen molar-refractivity contribution in [2.24, 2.45) is 16.5 Å². The molecule has 30 heavy (non-hydrogen) atoms. The van der Waals surface area contributed by atoms with E-state index in [1.165, 1.54) is 6.20 Å². The minimum absolute atomic E-state index is 0.140. The summed E-state index contributed by atoms with van der Waals surface area (Å²) >= 11 is 6.06. The topological polar surface area (TPSA) is 164 Å². The molecule has 2 aromatic carbocycles. The van der Waals surface area contributed by atoms with E-state index in [2.05, 4.69) is 14.7 Å². The third-order valence-corrected chi connectivity index (χ3v) is 5.01. The Bertz CT molecular complexity index is 1080. The number of carboxylic acids is 1. The molecule has 1 atom stereocenters. The molecule has 0 saturated carbocycles. The molecule has 0 fully saturated rings. The number of nitrogens with zero attached hydrogens (tertiary/aromatic N) is 2. The lowest BCUT2D eigenvalue weighted by molar-refractivity contribution is -0.135. The summed E-state index contributed by atoms with van der Waals surface area (Å²) in [6, 6.07) is 14.3. The molecule has 0 aliphatic heterocycles. The fourth-order valence-corrected chi connectivity index (χ4v) is 3.35. The first-order valence-electron chi connectivity index (χ1n) is 8.51. The zero-order chi connectivity index (χ0) is 22.1. The van der Waals surface area contributed by atoms with Crippen LogP contribution in [0.5, 0.6) is 0 Å². The Morgan fingerprint density at radius 2 is 1.87 bits per heavy atom. The number of fused-ring (bicyclic) bond motifs is 1. The maximum atomic E-state index is 12.0. The molecule has 3 rings (SSSR count). The van der Waals surface area contributed by atoms with Crippen molar-refractivity contribution >= 4 is 51.1 Å². The first kappa shape index (κ1) is 23.2. The number of carboxylic acid groups (broad SMARTS) is 1. The zero-order valence-electron chi connectivity index (χ0n) is 15.7.